The van der Waals surface area contributed by atoms with Crippen molar-refractivity contribution in [2.75, 3.05) is 16.2 Å². The Labute approximate surface area is 162 Å². The first kappa shape index (κ1) is 19.6. The number of anilines is 2. The smallest absolute Gasteiger partial charge is 0.271 e. The molecule has 0 unspecified atom stereocenters. The molecule has 0 atom stereocenters. The van der Waals surface area contributed by atoms with Crippen LogP contribution in [0.4, 0.5) is 17.1 Å². The summed E-state index contributed by atoms with van der Waals surface area (Å²) in [5.41, 5.74) is -0.425. The second-order valence-corrected chi connectivity index (χ2v) is 8.69. The molecule has 148 valence electrons. The van der Waals surface area contributed by atoms with E-state index in [1.54, 1.807) is 0 Å². The van der Waals surface area contributed by atoms with E-state index in [-0.39, 0.29) is 28.7 Å². The molecule has 2 aromatic rings. The zero-order valence-electron chi connectivity index (χ0n) is 15.5. The van der Waals surface area contributed by atoms with Gasteiger partial charge in [0.05, 0.1) is 27.7 Å². The van der Waals surface area contributed by atoms with E-state index >= 15 is 0 Å². The molecule has 1 aliphatic heterocycles. The number of fused-ring (bicyclic) bond motifs is 1. The van der Waals surface area contributed by atoms with Gasteiger partial charge in [-0.05, 0) is 38.1 Å². The van der Waals surface area contributed by atoms with Crippen molar-refractivity contribution < 1.29 is 22.9 Å². The summed E-state index contributed by atoms with van der Waals surface area (Å²) in [6.07, 6.45) is 0. The number of nitrogens with one attached hydrogen (secondary N) is 1. The summed E-state index contributed by atoms with van der Waals surface area (Å²) in [6, 6.07) is 9.40. The molecule has 0 bridgehead atoms. The molecule has 0 aromatic heterocycles. The van der Waals surface area contributed by atoms with Gasteiger partial charge >= 0.3 is 0 Å². The third-order valence-electron chi connectivity index (χ3n) is 4.15. The van der Waals surface area contributed by atoms with Crippen molar-refractivity contribution in [2.45, 2.75) is 31.3 Å². The van der Waals surface area contributed by atoms with Crippen molar-refractivity contribution >= 4 is 33.0 Å². The third kappa shape index (κ3) is 3.91. The van der Waals surface area contributed by atoms with Gasteiger partial charge in [0.2, 0.25) is 5.91 Å². The summed E-state index contributed by atoms with van der Waals surface area (Å²) in [4.78, 5) is 23.7. The van der Waals surface area contributed by atoms with Crippen molar-refractivity contribution in [3.63, 3.8) is 0 Å². The van der Waals surface area contributed by atoms with Gasteiger partial charge in [0.25, 0.3) is 15.7 Å². The standard InChI is InChI=1S/C18H19N3O6S/c1-12(22)20-11-18(2,3)27-17-8-7-15(10-16(17)20)28(25,26)19-13-5-4-6-14(9-13)21(23)24/h4-10,19H,11H2,1-3H3. The summed E-state index contributed by atoms with van der Waals surface area (Å²) >= 11 is 0. The predicted octanol–water partition coefficient (Wildman–Crippen LogP) is 2.92. The molecule has 1 heterocycles. The van der Waals surface area contributed by atoms with Crippen molar-refractivity contribution in [3.05, 3.63) is 52.6 Å². The number of nitrogens with zero attached hydrogens (tertiary/aromatic N) is 2. The van der Waals surface area contributed by atoms with Crippen LogP contribution in [0.5, 0.6) is 5.75 Å². The molecule has 0 fully saturated rings. The van der Waals surface area contributed by atoms with Crippen LogP contribution in [-0.2, 0) is 14.8 Å². The molecule has 0 saturated heterocycles. The lowest BCUT2D eigenvalue weighted by molar-refractivity contribution is -0.384. The monoisotopic (exact) mass is 405 g/mol. The molecule has 0 radical (unpaired) electrons. The maximum Gasteiger partial charge on any atom is 0.271 e. The number of amides is 1. The minimum absolute atomic E-state index is 0.0627. The Kier molecular flexibility index (Phi) is 4.76. The number of carbonyl (C=O) groups excluding carboxylic acids is 1. The molecule has 9 nitrogen and oxygen atoms in total. The lowest BCUT2D eigenvalue weighted by atomic mass is 10.1. The molecule has 10 heteroatoms. The number of nitro groups is 1. The molecule has 0 aliphatic carbocycles. The normalized spacial score (nSPS) is 15.3. The second-order valence-electron chi connectivity index (χ2n) is 7.01. The maximum atomic E-state index is 12.7. The number of non-ortho nitro benzene ring substituents is 1. The van der Waals surface area contributed by atoms with E-state index in [2.05, 4.69) is 4.72 Å². The fourth-order valence-corrected chi connectivity index (χ4v) is 4.00. The van der Waals surface area contributed by atoms with Crippen LogP contribution in [0.1, 0.15) is 20.8 Å². The SMILES string of the molecule is CC(=O)N1CC(C)(C)Oc2ccc(S(=O)(=O)Nc3cccc([N+](=O)[O-])c3)cc21. The van der Waals surface area contributed by atoms with E-state index < -0.39 is 20.5 Å². The highest BCUT2D eigenvalue weighted by Crippen LogP contribution is 2.38. The highest BCUT2D eigenvalue weighted by molar-refractivity contribution is 7.92. The summed E-state index contributed by atoms with van der Waals surface area (Å²) in [7, 11) is -4.03. The van der Waals surface area contributed by atoms with Gasteiger partial charge < -0.3 is 9.64 Å². The van der Waals surface area contributed by atoms with Gasteiger partial charge in [-0.3, -0.25) is 19.6 Å². The number of nitro benzene ring substituents is 1. The van der Waals surface area contributed by atoms with Crippen LogP contribution in [0.25, 0.3) is 0 Å². The second kappa shape index (κ2) is 6.79. The first-order chi connectivity index (χ1) is 13.0. The minimum Gasteiger partial charge on any atom is -0.484 e. The topological polar surface area (TPSA) is 119 Å². The number of hydrogen-bond donors (Lipinski definition) is 1. The lowest BCUT2D eigenvalue weighted by Gasteiger charge is -2.39. The van der Waals surface area contributed by atoms with Crippen LogP contribution in [0.3, 0.4) is 0 Å². The van der Waals surface area contributed by atoms with E-state index in [0.717, 1.165) is 6.07 Å². The fraction of sp³-hybridized carbons (Fsp3) is 0.278. The van der Waals surface area contributed by atoms with Gasteiger partial charge in [0.15, 0.2) is 0 Å². The molecular weight excluding hydrogens is 386 g/mol. The zero-order chi connectivity index (χ0) is 20.7. The van der Waals surface area contributed by atoms with Crippen LogP contribution in [-0.4, -0.2) is 31.4 Å². The number of hydrogen-bond acceptors (Lipinski definition) is 6. The van der Waals surface area contributed by atoms with Gasteiger partial charge in [-0.15, -0.1) is 0 Å². The van der Waals surface area contributed by atoms with Crippen molar-refractivity contribution in [3.8, 4) is 5.75 Å². The van der Waals surface area contributed by atoms with Gasteiger partial charge in [-0.1, -0.05) is 6.07 Å². The molecule has 1 N–H and O–H groups in total. The third-order valence-corrected chi connectivity index (χ3v) is 5.52. The van der Waals surface area contributed by atoms with E-state index in [9.17, 15) is 23.3 Å². The molecule has 0 spiro atoms. The molecular formula is C18H19N3O6S. The highest BCUT2D eigenvalue weighted by atomic mass is 32.2. The van der Waals surface area contributed by atoms with Crippen molar-refractivity contribution in [1.82, 2.24) is 0 Å². The summed E-state index contributed by atoms with van der Waals surface area (Å²) in [5, 5.41) is 10.9. The highest BCUT2D eigenvalue weighted by Gasteiger charge is 2.34. The molecule has 1 amide bonds. The average Bonchev–Trinajstić information content (AvgIpc) is 2.59. The molecule has 28 heavy (non-hydrogen) atoms. The Bertz CT molecular complexity index is 1060. The Hall–Kier alpha value is -3.14. The fourth-order valence-electron chi connectivity index (χ4n) is 2.94. The first-order valence-electron chi connectivity index (χ1n) is 8.37. The summed E-state index contributed by atoms with van der Waals surface area (Å²) in [5.74, 6) is 0.166. The Morgan fingerprint density at radius 2 is 1.96 bits per heavy atom. The van der Waals surface area contributed by atoms with E-state index in [0.29, 0.717) is 11.4 Å². The number of benzene rings is 2. The minimum atomic E-state index is -4.03. The van der Waals surface area contributed by atoms with Crippen LogP contribution < -0.4 is 14.4 Å². The summed E-state index contributed by atoms with van der Waals surface area (Å²) in [6.45, 7) is 5.34. The average molecular weight is 405 g/mol. The number of ether oxygens (including phenoxy) is 1. The Morgan fingerprint density at radius 3 is 2.61 bits per heavy atom. The van der Waals surface area contributed by atoms with E-state index in [1.165, 1.54) is 48.2 Å². The van der Waals surface area contributed by atoms with Crippen molar-refractivity contribution in [2.24, 2.45) is 0 Å². The largest absolute Gasteiger partial charge is 0.484 e. The van der Waals surface area contributed by atoms with E-state index in [1.807, 2.05) is 13.8 Å². The lowest BCUT2D eigenvalue weighted by Crippen LogP contribution is -2.48. The molecule has 3 rings (SSSR count). The number of rotatable bonds is 4. The molecule has 0 saturated carbocycles. The van der Waals surface area contributed by atoms with Crippen molar-refractivity contribution in [1.29, 1.82) is 0 Å². The number of carbonyl (C=O) groups is 1. The van der Waals surface area contributed by atoms with Crippen LogP contribution in [0, 0.1) is 10.1 Å². The molecule has 2 aromatic carbocycles. The number of sulfonamides is 1. The van der Waals surface area contributed by atoms with Crippen LogP contribution in [0.15, 0.2) is 47.4 Å². The summed E-state index contributed by atoms with van der Waals surface area (Å²) < 4.78 is 33.7. The van der Waals surface area contributed by atoms with Crippen LogP contribution in [0.2, 0.25) is 0 Å². The van der Waals surface area contributed by atoms with E-state index in [4.69, 9.17) is 4.74 Å². The molecule has 1 aliphatic rings. The quantitative estimate of drug-likeness (QED) is 0.617. The first-order valence-corrected chi connectivity index (χ1v) is 9.85. The van der Waals surface area contributed by atoms with Crippen LogP contribution >= 0.6 is 0 Å². The van der Waals surface area contributed by atoms with Gasteiger partial charge in [-0.25, -0.2) is 8.42 Å². The van der Waals surface area contributed by atoms with Gasteiger partial charge in [-0.2, -0.15) is 0 Å². The maximum absolute atomic E-state index is 12.7. The predicted molar refractivity (Wildman–Crippen MR) is 103 cm³/mol. The Morgan fingerprint density at radius 1 is 1.25 bits per heavy atom. The van der Waals surface area contributed by atoms with Gasteiger partial charge in [0, 0.05) is 19.1 Å². The zero-order valence-corrected chi connectivity index (χ0v) is 16.3. The van der Waals surface area contributed by atoms with Gasteiger partial charge in [0.1, 0.15) is 11.4 Å². The Balaban J connectivity index is 1.98.